The van der Waals surface area contributed by atoms with Crippen molar-refractivity contribution in [1.29, 1.82) is 0 Å². The van der Waals surface area contributed by atoms with E-state index in [1.54, 1.807) is 0 Å². The van der Waals surface area contributed by atoms with E-state index in [9.17, 15) is 4.79 Å². The second kappa shape index (κ2) is 8.32. The smallest absolute Gasteiger partial charge is 0.236 e. The zero-order valence-corrected chi connectivity index (χ0v) is 16.0. The Morgan fingerprint density at radius 2 is 2.04 bits per heavy atom. The monoisotopic (exact) mass is 347 g/mol. The van der Waals surface area contributed by atoms with Gasteiger partial charge in [-0.15, -0.1) is 0 Å². The van der Waals surface area contributed by atoms with Crippen molar-refractivity contribution in [2.24, 2.45) is 0 Å². The van der Waals surface area contributed by atoms with Crippen molar-refractivity contribution in [2.45, 2.75) is 51.1 Å². The molecule has 0 radical (unpaired) electrons. The Hall–Kier alpha value is -1.40. The summed E-state index contributed by atoms with van der Waals surface area (Å²) in [5.74, 6) is 1.80. The SMILES string of the molecule is CCn1ccnc1[C@@H]1CCCN(C(=O)CN(C)C2CCN(C)CC2)C1. The van der Waals surface area contributed by atoms with Gasteiger partial charge >= 0.3 is 0 Å². The lowest BCUT2D eigenvalue weighted by atomic mass is 9.97. The molecule has 3 rings (SSSR count). The summed E-state index contributed by atoms with van der Waals surface area (Å²) in [7, 11) is 4.29. The van der Waals surface area contributed by atoms with Crippen molar-refractivity contribution in [1.82, 2.24) is 24.3 Å². The molecule has 1 amide bonds. The maximum absolute atomic E-state index is 12.8. The molecule has 1 atom stereocenters. The molecule has 0 spiro atoms. The molecule has 2 aliphatic rings. The van der Waals surface area contributed by atoms with Gasteiger partial charge in [0.2, 0.25) is 5.91 Å². The van der Waals surface area contributed by atoms with Gasteiger partial charge in [0.25, 0.3) is 0 Å². The first-order valence-corrected chi connectivity index (χ1v) is 9.76. The number of imidazole rings is 1. The van der Waals surface area contributed by atoms with Gasteiger partial charge in [0, 0.05) is 44.0 Å². The first-order chi connectivity index (χ1) is 12.1. The number of aromatic nitrogens is 2. The van der Waals surface area contributed by atoms with Crippen LogP contribution in [0.4, 0.5) is 0 Å². The largest absolute Gasteiger partial charge is 0.341 e. The van der Waals surface area contributed by atoms with Crippen LogP contribution in [0.3, 0.4) is 0 Å². The molecule has 3 heterocycles. The van der Waals surface area contributed by atoms with E-state index in [-0.39, 0.29) is 5.91 Å². The van der Waals surface area contributed by atoms with E-state index >= 15 is 0 Å². The highest BCUT2D eigenvalue weighted by atomic mass is 16.2. The highest BCUT2D eigenvalue weighted by Crippen LogP contribution is 2.26. The molecule has 0 aromatic carbocycles. The molecule has 25 heavy (non-hydrogen) atoms. The summed E-state index contributed by atoms with van der Waals surface area (Å²) in [4.78, 5) is 24.1. The van der Waals surface area contributed by atoms with Gasteiger partial charge < -0.3 is 14.4 Å². The van der Waals surface area contributed by atoms with Crippen LogP contribution in [-0.4, -0.2) is 83.0 Å². The fourth-order valence-electron chi connectivity index (χ4n) is 4.24. The minimum Gasteiger partial charge on any atom is -0.341 e. The van der Waals surface area contributed by atoms with Crippen molar-refractivity contribution in [3.8, 4) is 0 Å². The van der Waals surface area contributed by atoms with E-state index < -0.39 is 0 Å². The standard InChI is InChI=1S/C19H33N5O/c1-4-23-13-9-20-19(23)16-6-5-10-24(14-16)18(25)15-22(3)17-7-11-21(2)12-8-17/h9,13,16-17H,4-8,10-12,14-15H2,1-3H3/t16-/m1/s1. The molecular weight excluding hydrogens is 314 g/mol. The lowest BCUT2D eigenvalue weighted by Crippen LogP contribution is -2.48. The highest BCUT2D eigenvalue weighted by molar-refractivity contribution is 5.78. The number of piperidine rings is 2. The second-order valence-corrected chi connectivity index (χ2v) is 7.70. The summed E-state index contributed by atoms with van der Waals surface area (Å²) in [5.41, 5.74) is 0. The lowest BCUT2D eigenvalue weighted by molar-refractivity contribution is -0.134. The van der Waals surface area contributed by atoms with Crippen LogP contribution in [0.1, 0.15) is 44.3 Å². The van der Waals surface area contributed by atoms with E-state index in [2.05, 4.69) is 45.3 Å². The number of aryl methyl sites for hydroxylation is 1. The van der Waals surface area contributed by atoms with Crippen molar-refractivity contribution in [3.05, 3.63) is 18.2 Å². The number of likely N-dealkylation sites (tertiary alicyclic amines) is 2. The van der Waals surface area contributed by atoms with Gasteiger partial charge in [-0.05, 0) is 59.8 Å². The van der Waals surface area contributed by atoms with Gasteiger partial charge in [0.15, 0.2) is 0 Å². The molecule has 140 valence electrons. The number of likely N-dealkylation sites (N-methyl/N-ethyl adjacent to an activating group) is 1. The third-order valence-electron chi connectivity index (χ3n) is 5.92. The maximum Gasteiger partial charge on any atom is 0.236 e. The van der Waals surface area contributed by atoms with Crippen LogP contribution in [0.5, 0.6) is 0 Å². The van der Waals surface area contributed by atoms with Crippen LogP contribution in [0.25, 0.3) is 0 Å². The number of amides is 1. The zero-order chi connectivity index (χ0) is 17.8. The number of hydrogen-bond donors (Lipinski definition) is 0. The Balaban J connectivity index is 1.55. The fourth-order valence-corrected chi connectivity index (χ4v) is 4.24. The van der Waals surface area contributed by atoms with E-state index in [1.165, 1.54) is 0 Å². The van der Waals surface area contributed by atoms with Crippen LogP contribution in [0, 0.1) is 0 Å². The fraction of sp³-hybridized carbons (Fsp3) is 0.789. The summed E-state index contributed by atoms with van der Waals surface area (Å²) < 4.78 is 2.21. The normalized spacial score (nSPS) is 23.4. The number of rotatable bonds is 5. The Kier molecular flexibility index (Phi) is 6.12. The average Bonchev–Trinajstić information content (AvgIpc) is 3.11. The van der Waals surface area contributed by atoms with Gasteiger partial charge in [-0.25, -0.2) is 4.98 Å². The molecule has 6 nitrogen and oxygen atoms in total. The Morgan fingerprint density at radius 3 is 2.76 bits per heavy atom. The molecule has 0 N–H and O–H groups in total. The number of nitrogens with zero attached hydrogens (tertiary/aromatic N) is 5. The van der Waals surface area contributed by atoms with Gasteiger partial charge in [0.1, 0.15) is 5.82 Å². The summed E-state index contributed by atoms with van der Waals surface area (Å²) >= 11 is 0. The van der Waals surface area contributed by atoms with E-state index in [1.807, 2.05) is 12.4 Å². The number of carbonyl (C=O) groups excluding carboxylic acids is 1. The molecule has 0 saturated carbocycles. The van der Waals surface area contributed by atoms with Crippen LogP contribution in [-0.2, 0) is 11.3 Å². The van der Waals surface area contributed by atoms with E-state index in [4.69, 9.17) is 0 Å². The third kappa shape index (κ3) is 4.42. The van der Waals surface area contributed by atoms with Crippen molar-refractivity contribution in [3.63, 3.8) is 0 Å². The average molecular weight is 348 g/mol. The summed E-state index contributed by atoms with van der Waals surface area (Å²) in [6.45, 7) is 7.61. The Labute approximate surface area is 151 Å². The molecule has 0 bridgehead atoms. The van der Waals surface area contributed by atoms with E-state index in [0.717, 1.165) is 64.2 Å². The Bertz CT molecular complexity index is 564. The topological polar surface area (TPSA) is 44.6 Å². The van der Waals surface area contributed by atoms with Crippen molar-refractivity contribution in [2.75, 3.05) is 46.8 Å². The Morgan fingerprint density at radius 1 is 1.28 bits per heavy atom. The quantitative estimate of drug-likeness (QED) is 0.812. The second-order valence-electron chi connectivity index (χ2n) is 7.70. The van der Waals surface area contributed by atoms with Gasteiger partial charge in [-0.2, -0.15) is 0 Å². The summed E-state index contributed by atoms with van der Waals surface area (Å²) in [6.07, 6.45) is 8.46. The maximum atomic E-state index is 12.8. The minimum absolute atomic E-state index is 0.278. The van der Waals surface area contributed by atoms with Crippen molar-refractivity contribution >= 4 is 5.91 Å². The molecule has 0 unspecified atom stereocenters. The van der Waals surface area contributed by atoms with Gasteiger partial charge in [-0.3, -0.25) is 9.69 Å². The van der Waals surface area contributed by atoms with Crippen LogP contribution >= 0.6 is 0 Å². The van der Waals surface area contributed by atoms with Crippen LogP contribution < -0.4 is 0 Å². The number of hydrogen-bond acceptors (Lipinski definition) is 4. The molecule has 1 aromatic heterocycles. The van der Waals surface area contributed by atoms with Crippen molar-refractivity contribution < 1.29 is 4.79 Å². The summed E-state index contributed by atoms with van der Waals surface area (Å²) in [6, 6.07) is 0.541. The minimum atomic E-state index is 0.278. The third-order valence-corrected chi connectivity index (χ3v) is 5.92. The first kappa shape index (κ1) is 18.4. The molecular formula is C19H33N5O. The van der Waals surface area contributed by atoms with Crippen LogP contribution in [0.15, 0.2) is 12.4 Å². The van der Waals surface area contributed by atoms with Crippen LogP contribution in [0.2, 0.25) is 0 Å². The highest BCUT2D eigenvalue weighted by Gasteiger charge is 2.29. The summed E-state index contributed by atoms with van der Waals surface area (Å²) in [5, 5.41) is 0. The molecule has 6 heteroatoms. The molecule has 2 fully saturated rings. The molecule has 2 saturated heterocycles. The number of carbonyl (C=O) groups is 1. The molecule has 0 aliphatic carbocycles. The lowest BCUT2D eigenvalue weighted by Gasteiger charge is -2.37. The predicted molar refractivity (Wildman–Crippen MR) is 99.6 cm³/mol. The first-order valence-electron chi connectivity index (χ1n) is 9.76. The van der Waals surface area contributed by atoms with Gasteiger partial charge in [0.05, 0.1) is 6.54 Å². The van der Waals surface area contributed by atoms with Gasteiger partial charge in [-0.1, -0.05) is 0 Å². The zero-order valence-electron chi connectivity index (χ0n) is 16.0. The molecule has 2 aliphatic heterocycles. The van der Waals surface area contributed by atoms with E-state index in [0.29, 0.717) is 18.5 Å². The predicted octanol–water partition coefficient (Wildman–Crippen LogP) is 1.64. The molecule has 1 aromatic rings.